The molecule has 0 aromatic carbocycles. The molecule has 0 aliphatic carbocycles. The summed E-state index contributed by atoms with van der Waals surface area (Å²) in [7, 11) is 2.00. The lowest BCUT2D eigenvalue weighted by Gasteiger charge is -2.45. The van der Waals surface area contributed by atoms with Crippen LogP contribution in [-0.2, 0) is 18.3 Å². The van der Waals surface area contributed by atoms with E-state index < -0.39 is 0 Å². The van der Waals surface area contributed by atoms with E-state index in [4.69, 9.17) is 9.73 Å². The predicted molar refractivity (Wildman–Crippen MR) is 101 cm³/mol. The number of nitrogens with one attached hydrogen (secondary N) is 1. The monoisotopic (exact) mass is 347 g/mol. The summed E-state index contributed by atoms with van der Waals surface area (Å²) >= 11 is 0. The summed E-state index contributed by atoms with van der Waals surface area (Å²) in [5, 5.41) is 8.01. The summed E-state index contributed by atoms with van der Waals surface area (Å²) in [4.78, 5) is 7.40. The summed E-state index contributed by atoms with van der Waals surface area (Å²) in [6.07, 6.45) is 4.97. The number of guanidine groups is 1. The molecule has 2 saturated heterocycles. The Morgan fingerprint density at radius 1 is 1.32 bits per heavy atom. The molecule has 140 valence electrons. The predicted octanol–water partition coefficient (Wildman–Crippen LogP) is 2.40. The summed E-state index contributed by atoms with van der Waals surface area (Å²) in [5.41, 5.74) is 3.85. The van der Waals surface area contributed by atoms with Crippen LogP contribution in [0.3, 0.4) is 0 Å². The van der Waals surface area contributed by atoms with Gasteiger partial charge in [-0.05, 0) is 46.5 Å². The van der Waals surface area contributed by atoms with Crippen molar-refractivity contribution in [3.05, 3.63) is 17.0 Å². The molecule has 6 nitrogen and oxygen atoms in total. The lowest BCUT2D eigenvalue weighted by atomic mass is 9.76. The largest absolute Gasteiger partial charge is 0.381 e. The minimum absolute atomic E-state index is 0.326. The maximum Gasteiger partial charge on any atom is 0.194 e. The number of aryl methyl sites for hydroxylation is 2. The second-order valence-corrected chi connectivity index (χ2v) is 7.62. The second kappa shape index (κ2) is 7.77. The fourth-order valence-electron chi connectivity index (χ4n) is 4.25. The molecule has 0 amide bonds. The van der Waals surface area contributed by atoms with Gasteiger partial charge in [-0.3, -0.25) is 4.68 Å². The molecule has 1 atom stereocenters. The van der Waals surface area contributed by atoms with Crippen molar-refractivity contribution in [1.29, 1.82) is 0 Å². The van der Waals surface area contributed by atoms with E-state index in [1.807, 2.05) is 11.7 Å². The molecule has 25 heavy (non-hydrogen) atoms. The number of nitrogens with zero attached hydrogens (tertiary/aromatic N) is 4. The summed E-state index contributed by atoms with van der Waals surface area (Å²) in [6, 6.07) is 0. The molecule has 2 aliphatic rings. The summed E-state index contributed by atoms with van der Waals surface area (Å²) in [6.45, 7) is 11.9. The third-order valence-corrected chi connectivity index (χ3v) is 5.75. The number of aromatic nitrogens is 2. The van der Waals surface area contributed by atoms with Gasteiger partial charge in [-0.25, -0.2) is 4.99 Å². The first-order valence-corrected chi connectivity index (χ1v) is 9.65. The highest BCUT2D eigenvalue weighted by Crippen LogP contribution is 2.37. The average molecular weight is 348 g/mol. The first-order valence-electron chi connectivity index (χ1n) is 9.65. The van der Waals surface area contributed by atoms with E-state index in [1.54, 1.807) is 0 Å². The van der Waals surface area contributed by atoms with Crippen LogP contribution in [0.15, 0.2) is 4.99 Å². The zero-order valence-corrected chi connectivity index (χ0v) is 16.3. The van der Waals surface area contributed by atoms with Gasteiger partial charge in [-0.1, -0.05) is 0 Å². The molecule has 1 N–H and O–H groups in total. The Kier molecular flexibility index (Phi) is 5.67. The zero-order valence-electron chi connectivity index (χ0n) is 16.3. The maximum absolute atomic E-state index is 5.82. The Morgan fingerprint density at radius 3 is 2.76 bits per heavy atom. The Hall–Kier alpha value is -1.56. The molecule has 1 aromatic heterocycles. The van der Waals surface area contributed by atoms with Crippen molar-refractivity contribution in [2.24, 2.45) is 17.5 Å². The van der Waals surface area contributed by atoms with E-state index in [9.17, 15) is 0 Å². The fraction of sp³-hybridized carbons (Fsp3) is 0.789. The Bertz CT molecular complexity index is 610. The number of ether oxygens (including phenoxy) is 1. The van der Waals surface area contributed by atoms with Crippen LogP contribution in [0, 0.1) is 19.3 Å². The molecular weight excluding hydrogens is 314 g/mol. The number of likely N-dealkylation sites (tertiary alicyclic amines) is 1. The smallest absolute Gasteiger partial charge is 0.194 e. The Labute approximate surface area is 151 Å². The van der Waals surface area contributed by atoms with Crippen molar-refractivity contribution in [2.75, 3.05) is 32.8 Å². The van der Waals surface area contributed by atoms with Crippen molar-refractivity contribution < 1.29 is 4.74 Å². The van der Waals surface area contributed by atoms with E-state index in [0.29, 0.717) is 12.0 Å². The van der Waals surface area contributed by atoms with Gasteiger partial charge >= 0.3 is 0 Å². The van der Waals surface area contributed by atoms with Crippen molar-refractivity contribution in [3.8, 4) is 0 Å². The van der Waals surface area contributed by atoms with Crippen molar-refractivity contribution >= 4 is 5.96 Å². The highest BCUT2D eigenvalue weighted by Gasteiger charge is 2.38. The number of hydrogen-bond acceptors (Lipinski definition) is 3. The van der Waals surface area contributed by atoms with Crippen molar-refractivity contribution in [1.82, 2.24) is 20.0 Å². The summed E-state index contributed by atoms with van der Waals surface area (Å²) < 4.78 is 7.76. The first-order chi connectivity index (χ1) is 12.0. The van der Waals surface area contributed by atoms with Crippen LogP contribution >= 0.6 is 0 Å². The third kappa shape index (κ3) is 4.00. The van der Waals surface area contributed by atoms with E-state index >= 15 is 0 Å². The molecule has 2 aliphatic heterocycles. The molecule has 1 unspecified atom stereocenters. The molecule has 0 bridgehead atoms. The molecular formula is C19H33N5O. The van der Waals surface area contributed by atoms with E-state index in [-0.39, 0.29) is 0 Å². The minimum Gasteiger partial charge on any atom is -0.381 e. The van der Waals surface area contributed by atoms with Gasteiger partial charge in [0.1, 0.15) is 0 Å². The van der Waals surface area contributed by atoms with Crippen molar-refractivity contribution in [3.63, 3.8) is 0 Å². The topological polar surface area (TPSA) is 54.7 Å². The van der Waals surface area contributed by atoms with Crippen molar-refractivity contribution in [2.45, 2.75) is 53.0 Å². The van der Waals surface area contributed by atoms with Gasteiger partial charge in [0.05, 0.1) is 18.8 Å². The number of aliphatic imine (C=N–C) groups is 1. The fourth-order valence-corrected chi connectivity index (χ4v) is 4.25. The van der Waals surface area contributed by atoms with Crippen LogP contribution in [0.1, 0.15) is 49.6 Å². The molecule has 1 spiro atoms. The first kappa shape index (κ1) is 18.2. The molecule has 0 saturated carbocycles. The van der Waals surface area contributed by atoms with E-state index in [2.05, 4.69) is 36.1 Å². The van der Waals surface area contributed by atoms with Crippen LogP contribution in [0.4, 0.5) is 0 Å². The van der Waals surface area contributed by atoms with Gasteiger partial charge in [-0.15, -0.1) is 0 Å². The van der Waals surface area contributed by atoms with Crippen LogP contribution in [0.2, 0.25) is 0 Å². The summed E-state index contributed by atoms with van der Waals surface area (Å²) in [5.74, 6) is 1.04. The van der Waals surface area contributed by atoms with Gasteiger partial charge in [0.25, 0.3) is 0 Å². The van der Waals surface area contributed by atoms with Gasteiger partial charge in [0, 0.05) is 50.0 Å². The van der Waals surface area contributed by atoms with Crippen LogP contribution < -0.4 is 5.32 Å². The molecule has 0 radical (unpaired) electrons. The number of rotatable bonds is 3. The van der Waals surface area contributed by atoms with Gasteiger partial charge in [0.15, 0.2) is 5.96 Å². The highest BCUT2D eigenvalue weighted by molar-refractivity contribution is 5.80. The highest BCUT2D eigenvalue weighted by atomic mass is 16.5. The van der Waals surface area contributed by atoms with Gasteiger partial charge in [0.2, 0.25) is 0 Å². The zero-order chi connectivity index (χ0) is 17.9. The number of piperidine rings is 1. The average Bonchev–Trinajstić information content (AvgIpc) is 2.85. The van der Waals surface area contributed by atoms with Gasteiger partial charge in [-0.2, -0.15) is 5.10 Å². The normalized spacial score (nSPS) is 24.8. The van der Waals surface area contributed by atoms with Crippen LogP contribution in [0.25, 0.3) is 0 Å². The van der Waals surface area contributed by atoms with Crippen LogP contribution in [0.5, 0.6) is 0 Å². The second-order valence-electron chi connectivity index (χ2n) is 7.62. The third-order valence-electron chi connectivity index (χ3n) is 5.75. The molecule has 3 rings (SSSR count). The molecule has 3 heterocycles. The Morgan fingerprint density at radius 2 is 2.12 bits per heavy atom. The van der Waals surface area contributed by atoms with Crippen LogP contribution in [-0.4, -0.2) is 53.5 Å². The number of hydrogen-bond donors (Lipinski definition) is 1. The lowest BCUT2D eigenvalue weighted by molar-refractivity contribution is -0.0370. The maximum atomic E-state index is 5.82. The van der Waals surface area contributed by atoms with E-state index in [0.717, 1.165) is 44.5 Å². The SMILES string of the molecule is CCNC(=NCc1c(C)nn(C)c1C)N1CCCC2(CCCOC2)C1. The minimum atomic E-state index is 0.326. The van der Waals surface area contributed by atoms with Gasteiger partial charge < -0.3 is 15.0 Å². The van der Waals surface area contributed by atoms with E-state index in [1.165, 1.54) is 36.9 Å². The molecule has 1 aromatic rings. The standard InChI is InChI=1S/C19H33N5O/c1-5-20-18(21-12-17-15(2)22-23(4)16(17)3)24-10-6-8-19(13-24)9-7-11-25-14-19/h5-14H2,1-4H3,(H,20,21). The quantitative estimate of drug-likeness (QED) is 0.674. The molecule has 2 fully saturated rings. The molecule has 6 heteroatoms. The lowest BCUT2D eigenvalue weighted by Crippen LogP contribution is -2.53. The Balaban J connectivity index is 1.75.